The molecule has 1 aliphatic heterocycles. The molecule has 4 heteroatoms. The lowest BCUT2D eigenvalue weighted by Gasteiger charge is -2.19. The summed E-state index contributed by atoms with van der Waals surface area (Å²) in [5, 5.41) is 0. The Balaban J connectivity index is 1.74. The van der Waals surface area contributed by atoms with E-state index in [1.54, 1.807) is 12.1 Å². The molecule has 0 bridgehead atoms. The molecule has 1 heterocycles. The third-order valence-electron chi connectivity index (χ3n) is 3.92. The maximum absolute atomic E-state index is 13.9. The van der Waals surface area contributed by atoms with Gasteiger partial charge in [-0.05, 0) is 17.2 Å². The van der Waals surface area contributed by atoms with E-state index in [1.807, 2.05) is 42.5 Å². The summed E-state index contributed by atoms with van der Waals surface area (Å²) >= 11 is 1.25. The second-order valence-corrected chi connectivity index (χ2v) is 5.96. The van der Waals surface area contributed by atoms with E-state index < -0.39 is 0 Å². The van der Waals surface area contributed by atoms with Crippen LogP contribution in [0.5, 0.6) is 5.75 Å². The smallest absolute Gasteiger partial charge is 0.151 e. The Morgan fingerprint density at radius 3 is 2.30 bits per heavy atom. The van der Waals surface area contributed by atoms with E-state index in [-0.39, 0.29) is 5.82 Å². The molecule has 0 radical (unpaired) electrons. The predicted octanol–water partition coefficient (Wildman–Crippen LogP) is 5.20. The van der Waals surface area contributed by atoms with Crippen LogP contribution in [-0.2, 0) is 6.54 Å². The standard InChI is InChI=1S/C19H14FNOS/c20-18-7-2-1-5-16(18)13-8-10-14(11-9-13)17-6-3-4-15-12-21-23-22-19(15)17/h1-11,21H,12H2. The maximum Gasteiger partial charge on any atom is 0.151 e. The quantitative estimate of drug-likeness (QED) is 0.517. The predicted molar refractivity (Wildman–Crippen MR) is 92.3 cm³/mol. The van der Waals surface area contributed by atoms with Crippen LogP contribution in [0, 0.1) is 5.82 Å². The molecular weight excluding hydrogens is 309 g/mol. The molecule has 0 aromatic heterocycles. The fourth-order valence-electron chi connectivity index (χ4n) is 2.75. The van der Waals surface area contributed by atoms with Crippen molar-refractivity contribution >= 4 is 12.2 Å². The topological polar surface area (TPSA) is 21.3 Å². The van der Waals surface area contributed by atoms with Crippen LogP contribution in [0.1, 0.15) is 5.56 Å². The van der Waals surface area contributed by atoms with E-state index in [0.29, 0.717) is 5.56 Å². The largest absolute Gasteiger partial charge is 0.409 e. The van der Waals surface area contributed by atoms with E-state index >= 15 is 0 Å². The van der Waals surface area contributed by atoms with Crippen LogP contribution in [0.3, 0.4) is 0 Å². The van der Waals surface area contributed by atoms with Crippen LogP contribution in [0.25, 0.3) is 22.3 Å². The fourth-order valence-corrected chi connectivity index (χ4v) is 3.31. The highest BCUT2D eigenvalue weighted by Crippen LogP contribution is 2.38. The number of hydrogen-bond acceptors (Lipinski definition) is 3. The van der Waals surface area contributed by atoms with Gasteiger partial charge in [-0.15, -0.1) is 0 Å². The number of hydrogen-bond donors (Lipinski definition) is 1. The Bertz CT molecular complexity index is 848. The minimum Gasteiger partial charge on any atom is -0.409 e. The number of rotatable bonds is 2. The average Bonchev–Trinajstić information content (AvgIpc) is 2.62. The third-order valence-corrected chi connectivity index (χ3v) is 4.44. The first kappa shape index (κ1) is 14.3. The molecule has 0 fully saturated rings. The summed E-state index contributed by atoms with van der Waals surface area (Å²) in [5.74, 6) is 0.693. The maximum atomic E-state index is 13.9. The van der Waals surface area contributed by atoms with Crippen molar-refractivity contribution in [3.8, 4) is 28.0 Å². The zero-order valence-electron chi connectivity index (χ0n) is 12.3. The summed E-state index contributed by atoms with van der Waals surface area (Å²) in [4.78, 5) is 0. The first-order valence-electron chi connectivity index (χ1n) is 7.36. The van der Waals surface area contributed by atoms with E-state index in [9.17, 15) is 4.39 Å². The van der Waals surface area contributed by atoms with Gasteiger partial charge >= 0.3 is 0 Å². The molecule has 1 N–H and O–H groups in total. The minimum atomic E-state index is -0.205. The molecule has 0 spiro atoms. The molecule has 0 amide bonds. The van der Waals surface area contributed by atoms with E-state index in [4.69, 9.17) is 4.18 Å². The molecule has 4 rings (SSSR count). The number of para-hydroxylation sites is 1. The summed E-state index contributed by atoms with van der Waals surface area (Å²) in [6.07, 6.45) is 0. The molecule has 0 aliphatic carbocycles. The normalized spacial score (nSPS) is 13.3. The van der Waals surface area contributed by atoms with E-state index in [1.165, 1.54) is 18.3 Å². The molecule has 3 aromatic carbocycles. The van der Waals surface area contributed by atoms with Gasteiger partial charge in [-0.3, -0.25) is 0 Å². The molecule has 1 aliphatic rings. The van der Waals surface area contributed by atoms with Crippen molar-refractivity contribution < 1.29 is 8.57 Å². The zero-order valence-corrected chi connectivity index (χ0v) is 13.1. The molecule has 0 atom stereocenters. The Kier molecular flexibility index (Phi) is 3.77. The lowest BCUT2D eigenvalue weighted by Crippen LogP contribution is -2.12. The van der Waals surface area contributed by atoms with Gasteiger partial charge in [-0.1, -0.05) is 60.7 Å². The van der Waals surface area contributed by atoms with Crippen LogP contribution >= 0.6 is 12.2 Å². The second-order valence-electron chi connectivity index (χ2n) is 5.34. The van der Waals surface area contributed by atoms with Crippen LogP contribution in [0.2, 0.25) is 0 Å². The van der Waals surface area contributed by atoms with E-state index in [0.717, 1.165) is 34.5 Å². The summed E-state index contributed by atoms with van der Waals surface area (Å²) in [6, 6.07) is 20.9. The van der Waals surface area contributed by atoms with Crippen molar-refractivity contribution in [2.24, 2.45) is 0 Å². The SMILES string of the molecule is Fc1ccccc1-c1ccc(-c2cccc3c2OSNC3)cc1. The number of halogens is 1. The monoisotopic (exact) mass is 323 g/mol. The third kappa shape index (κ3) is 2.71. The molecule has 0 saturated heterocycles. The summed E-state index contributed by atoms with van der Waals surface area (Å²) in [5.41, 5.74) is 4.74. The summed E-state index contributed by atoms with van der Waals surface area (Å²) in [7, 11) is 0. The zero-order chi connectivity index (χ0) is 15.6. The van der Waals surface area contributed by atoms with Crippen molar-refractivity contribution in [3.63, 3.8) is 0 Å². The van der Waals surface area contributed by atoms with Crippen LogP contribution in [0.15, 0.2) is 66.7 Å². The van der Waals surface area contributed by atoms with Gasteiger partial charge in [0.2, 0.25) is 0 Å². The first-order valence-corrected chi connectivity index (χ1v) is 8.11. The molecule has 3 aromatic rings. The van der Waals surface area contributed by atoms with Gasteiger partial charge in [0.05, 0.1) is 0 Å². The Labute approximate surface area is 138 Å². The van der Waals surface area contributed by atoms with E-state index in [2.05, 4.69) is 10.8 Å². The summed E-state index contributed by atoms with van der Waals surface area (Å²) in [6.45, 7) is 0.779. The number of nitrogens with one attached hydrogen (secondary N) is 1. The van der Waals surface area contributed by atoms with Crippen molar-refractivity contribution in [2.45, 2.75) is 6.54 Å². The van der Waals surface area contributed by atoms with Crippen molar-refractivity contribution in [3.05, 3.63) is 78.1 Å². The van der Waals surface area contributed by atoms with Crippen molar-refractivity contribution in [1.29, 1.82) is 0 Å². The lowest BCUT2D eigenvalue weighted by atomic mass is 9.98. The summed E-state index contributed by atoms with van der Waals surface area (Å²) < 4.78 is 22.7. The van der Waals surface area contributed by atoms with Crippen molar-refractivity contribution in [1.82, 2.24) is 4.72 Å². The Hall–Kier alpha value is -2.30. The van der Waals surface area contributed by atoms with Gasteiger partial charge < -0.3 is 4.18 Å². The average molecular weight is 323 g/mol. The molecule has 114 valence electrons. The highest BCUT2D eigenvalue weighted by atomic mass is 32.2. The Morgan fingerprint density at radius 1 is 0.826 bits per heavy atom. The van der Waals surface area contributed by atoms with Crippen LogP contribution in [-0.4, -0.2) is 0 Å². The van der Waals surface area contributed by atoms with Gasteiger partial charge in [-0.2, -0.15) is 0 Å². The van der Waals surface area contributed by atoms with Gasteiger partial charge in [0, 0.05) is 23.2 Å². The number of fused-ring (bicyclic) bond motifs is 1. The lowest BCUT2D eigenvalue weighted by molar-refractivity contribution is 0.602. The Morgan fingerprint density at radius 2 is 1.52 bits per heavy atom. The first-order chi connectivity index (χ1) is 11.3. The molecule has 2 nitrogen and oxygen atoms in total. The molecule has 23 heavy (non-hydrogen) atoms. The molecular formula is C19H14FNOS. The highest BCUT2D eigenvalue weighted by molar-refractivity contribution is 7.93. The van der Waals surface area contributed by atoms with Gasteiger partial charge in [-0.25, -0.2) is 9.11 Å². The molecule has 0 saturated carbocycles. The van der Waals surface area contributed by atoms with Crippen molar-refractivity contribution in [2.75, 3.05) is 0 Å². The van der Waals surface area contributed by atoms with Gasteiger partial charge in [0.25, 0.3) is 0 Å². The van der Waals surface area contributed by atoms with Gasteiger partial charge in [0.1, 0.15) is 18.0 Å². The second kappa shape index (κ2) is 6.07. The molecule has 0 unspecified atom stereocenters. The van der Waals surface area contributed by atoms with Crippen LogP contribution < -0.4 is 8.91 Å². The van der Waals surface area contributed by atoms with Crippen LogP contribution in [0.4, 0.5) is 4.39 Å². The van der Waals surface area contributed by atoms with Gasteiger partial charge in [0.15, 0.2) is 5.75 Å². The minimum absolute atomic E-state index is 0.205. The highest BCUT2D eigenvalue weighted by Gasteiger charge is 2.16. The fraction of sp³-hybridized carbons (Fsp3) is 0.0526. The number of benzene rings is 3.